The molecule has 0 aliphatic rings. The summed E-state index contributed by atoms with van der Waals surface area (Å²) in [5, 5.41) is 4.99. The third-order valence-electron chi connectivity index (χ3n) is 1.43. The maximum atomic E-state index is 11.7. The second-order valence-electron chi connectivity index (χ2n) is 2.12. The van der Waals surface area contributed by atoms with Crippen molar-refractivity contribution in [3.8, 4) is 0 Å². The van der Waals surface area contributed by atoms with Crippen molar-refractivity contribution in [1.82, 2.24) is 10.2 Å². The molecule has 0 atom stereocenters. The summed E-state index contributed by atoms with van der Waals surface area (Å²) < 4.78 is 11.7. The summed E-state index contributed by atoms with van der Waals surface area (Å²) in [5.41, 5.74) is 1.03. The van der Waals surface area contributed by atoms with Gasteiger partial charge in [-0.25, -0.2) is 0 Å². The highest BCUT2D eigenvalue weighted by atomic mass is 19.1. The molecule has 0 aliphatic carbocycles. The molecule has 56 valence electrons. The van der Waals surface area contributed by atoms with E-state index in [0.29, 0.717) is 5.56 Å². The molecule has 2 N–H and O–H groups in total. The highest BCUT2D eigenvalue weighted by Crippen LogP contribution is 1.97. The molecule has 4 heteroatoms. The van der Waals surface area contributed by atoms with Crippen LogP contribution in [0, 0.1) is 6.92 Å². The van der Waals surface area contributed by atoms with Crippen LogP contribution < -0.4 is 5.56 Å². The third-order valence-corrected chi connectivity index (χ3v) is 1.43. The molecule has 3 nitrogen and oxygen atoms in total. The number of hydrogen-bond acceptors (Lipinski definition) is 1. The molecule has 1 aromatic rings. The summed E-state index contributed by atoms with van der Waals surface area (Å²) in [6.45, 7) is 1.25. The third kappa shape index (κ3) is 1.10. The second-order valence-corrected chi connectivity index (χ2v) is 2.12. The predicted molar refractivity (Wildman–Crippen MR) is 35.8 cm³/mol. The van der Waals surface area contributed by atoms with Crippen molar-refractivity contribution in [2.24, 2.45) is 0 Å². The topological polar surface area (TPSA) is 48.6 Å². The van der Waals surface area contributed by atoms with E-state index in [1.54, 1.807) is 6.92 Å². The maximum absolute atomic E-state index is 11.7. The van der Waals surface area contributed by atoms with Gasteiger partial charge in [0.15, 0.2) is 0 Å². The number of alkyl halides is 1. The Balaban J connectivity index is 2.99. The van der Waals surface area contributed by atoms with Gasteiger partial charge in [0.05, 0.1) is 6.67 Å². The zero-order valence-electron chi connectivity index (χ0n) is 5.70. The van der Waals surface area contributed by atoms with E-state index >= 15 is 0 Å². The molecule has 0 bridgehead atoms. The number of halogens is 1. The first-order valence-corrected chi connectivity index (χ1v) is 3.07. The molecule has 0 fully saturated rings. The first kappa shape index (κ1) is 7.05. The van der Waals surface area contributed by atoms with Gasteiger partial charge < -0.3 is 5.10 Å². The lowest BCUT2D eigenvalue weighted by molar-refractivity contribution is 0.494. The second kappa shape index (κ2) is 2.68. The molecular formula is C6H9FN2O. The number of rotatable bonds is 2. The Labute approximate surface area is 57.3 Å². The molecule has 1 heterocycles. The van der Waals surface area contributed by atoms with Crippen LogP contribution in [0.15, 0.2) is 4.79 Å². The van der Waals surface area contributed by atoms with E-state index < -0.39 is 6.67 Å². The fraction of sp³-hybridized carbons (Fsp3) is 0.500. The quantitative estimate of drug-likeness (QED) is 0.624. The minimum Gasteiger partial charge on any atom is -0.302 e. The fourth-order valence-corrected chi connectivity index (χ4v) is 0.867. The van der Waals surface area contributed by atoms with E-state index in [9.17, 15) is 9.18 Å². The van der Waals surface area contributed by atoms with Crippen LogP contribution in [0.4, 0.5) is 4.39 Å². The van der Waals surface area contributed by atoms with Crippen LogP contribution >= 0.6 is 0 Å². The van der Waals surface area contributed by atoms with Gasteiger partial charge in [0.2, 0.25) is 0 Å². The lowest BCUT2D eigenvalue weighted by Crippen LogP contribution is -2.06. The highest BCUT2D eigenvalue weighted by Gasteiger charge is 2.03. The Bertz CT molecular complexity index is 263. The molecule has 0 saturated heterocycles. The molecule has 0 radical (unpaired) electrons. The van der Waals surface area contributed by atoms with E-state index in [1.165, 1.54) is 0 Å². The molecular weight excluding hydrogens is 135 g/mol. The molecule has 0 amide bonds. The normalized spacial score (nSPS) is 10.2. The summed E-state index contributed by atoms with van der Waals surface area (Å²) >= 11 is 0. The van der Waals surface area contributed by atoms with Crippen molar-refractivity contribution in [1.29, 1.82) is 0 Å². The zero-order valence-corrected chi connectivity index (χ0v) is 5.70. The van der Waals surface area contributed by atoms with Crippen molar-refractivity contribution < 1.29 is 4.39 Å². The largest absolute Gasteiger partial charge is 0.302 e. The fourth-order valence-electron chi connectivity index (χ4n) is 0.867. The van der Waals surface area contributed by atoms with Crippen molar-refractivity contribution >= 4 is 0 Å². The van der Waals surface area contributed by atoms with E-state index in [4.69, 9.17) is 0 Å². The van der Waals surface area contributed by atoms with Gasteiger partial charge in [-0.1, -0.05) is 0 Å². The highest BCUT2D eigenvalue weighted by molar-refractivity contribution is 5.14. The van der Waals surface area contributed by atoms with Gasteiger partial charge in [0.1, 0.15) is 0 Å². The molecule has 0 spiro atoms. The van der Waals surface area contributed by atoms with Gasteiger partial charge in [-0.05, 0) is 6.92 Å². The lowest BCUT2D eigenvalue weighted by atomic mass is 10.2. The Morgan fingerprint density at radius 3 is 2.60 bits per heavy atom. The SMILES string of the molecule is Cc1[nH][nH]c(=O)c1CCF. The zero-order chi connectivity index (χ0) is 7.56. The smallest absolute Gasteiger partial charge is 0.267 e. The summed E-state index contributed by atoms with van der Waals surface area (Å²) in [7, 11) is 0. The van der Waals surface area contributed by atoms with E-state index in [-0.39, 0.29) is 12.0 Å². The average Bonchev–Trinajstić information content (AvgIpc) is 2.20. The van der Waals surface area contributed by atoms with Gasteiger partial charge in [-0.15, -0.1) is 0 Å². The number of hydrogen-bond donors (Lipinski definition) is 2. The number of aryl methyl sites for hydroxylation is 1. The summed E-state index contributed by atoms with van der Waals surface area (Å²) in [6, 6.07) is 0. The number of aromatic amines is 2. The Kier molecular flexibility index (Phi) is 1.89. The van der Waals surface area contributed by atoms with Gasteiger partial charge in [0.25, 0.3) is 5.56 Å². The van der Waals surface area contributed by atoms with Crippen molar-refractivity contribution in [3.63, 3.8) is 0 Å². The summed E-state index contributed by atoms with van der Waals surface area (Å²) in [4.78, 5) is 10.8. The minimum atomic E-state index is -0.484. The molecule has 0 aromatic carbocycles. The molecule has 0 unspecified atom stereocenters. The molecule has 10 heavy (non-hydrogen) atoms. The molecule has 0 aliphatic heterocycles. The van der Waals surface area contributed by atoms with Crippen molar-refractivity contribution in [3.05, 3.63) is 21.6 Å². The van der Waals surface area contributed by atoms with Crippen LogP contribution in [0.25, 0.3) is 0 Å². The minimum absolute atomic E-state index is 0.199. The van der Waals surface area contributed by atoms with E-state index in [2.05, 4.69) is 10.2 Å². The van der Waals surface area contributed by atoms with Gasteiger partial charge >= 0.3 is 0 Å². The van der Waals surface area contributed by atoms with Crippen molar-refractivity contribution in [2.45, 2.75) is 13.3 Å². The average molecular weight is 144 g/mol. The number of aromatic nitrogens is 2. The predicted octanol–water partition coefficient (Wildman–Crippen LogP) is 0.523. The number of nitrogens with one attached hydrogen (secondary N) is 2. The standard InChI is InChI=1S/C6H9FN2O/c1-4-5(2-3-7)6(10)9-8-4/h2-3H2,1H3,(H2,8,9,10). The first-order chi connectivity index (χ1) is 4.75. The van der Waals surface area contributed by atoms with Gasteiger partial charge in [-0.2, -0.15) is 0 Å². The van der Waals surface area contributed by atoms with Crippen LogP contribution in [0.2, 0.25) is 0 Å². The van der Waals surface area contributed by atoms with Crippen LogP contribution in [-0.2, 0) is 6.42 Å². The molecule has 1 aromatic heterocycles. The lowest BCUT2D eigenvalue weighted by Gasteiger charge is -1.88. The van der Waals surface area contributed by atoms with Crippen LogP contribution in [0.3, 0.4) is 0 Å². The maximum Gasteiger partial charge on any atom is 0.267 e. The Morgan fingerprint density at radius 2 is 2.20 bits per heavy atom. The van der Waals surface area contributed by atoms with Gasteiger partial charge in [0, 0.05) is 17.7 Å². The van der Waals surface area contributed by atoms with E-state index in [1.807, 2.05) is 0 Å². The number of H-pyrrole nitrogens is 2. The van der Waals surface area contributed by atoms with Crippen molar-refractivity contribution in [2.75, 3.05) is 6.67 Å². The monoisotopic (exact) mass is 144 g/mol. The van der Waals surface area contributed by atoms with E-state index in [0.717, 1.165) is 5.69 Å². The van der Waals surface area contributed by atoms with Gasteiger partial charge in [-0.3, -0.25) is 14.3 Å². The van der Waals surface area contributed by atoms with Crippen LogP contribution in [-0.4, -0.2) is 16.9 Å². The Hall–Kier alpha value is -1.06. The summed E-state index contributed by atoms with van der Waals surface area (Å²) in [5.74, 6) is 0. The Morgan fingerprint density at radius 1 is 1.50 bits per heavy atom. The summed E-state index contributed by atoms with van der Waals surface area (Å²) in [6.07, 6.45) is 0.199. The molecule has 1 rings (SSSR count). The van der Waals surface area contributed by atoms with Crippen LogP contribution in [0.5, 0.6) is 0 Å². The van der Waals surface area contributed by atoms with Crippen LogP contribution in [0.1, 0.15) is 11.3 Å². The first-order valence-electron chi connectivity index (χ1n) is 3.07. The molecule has 0 saturated carbocycles.